The monoisotopic (exact) mass is 371 g/mol. The van der Waals surface area contributed by atoms with Crippen LogP contribution in [0.4, 0.5) is 15.9 Å². The lowest BCUT2D eigenvalue weighted by molar-refractivity contribution is 0.601. The molecule has 0 bridgehead atoms. The van der Waals surface area contributed by atoms with Gasteiger partial charge in [0, 0.05) is 12.1 Å². The quantitative estimate of drug-likeness (QED) is 0.688. The number of hydrogen-bond donors (Lipinski definition) is 2. The molecule has 0 atom stereocenters. The van der Waals surface area contributed by atoms with Crippen LogP contribution in [0.1, 0.15) is 11.1 Å². The minimum Gasteiger partial charge on any atom is -0.366 e. The molecule has 1 heterocycles. The third kappa shape index (κ3) is 4.37. The van der Waals surface area contributed by atoms with Crippen molar-refractivity contribution in [3.8, 4) is 0 Å². The van der Waals surface area contributed by atoms with E-state index in [4.69, 9.17) is 0 Å². The Bertz CT molecular complexity index is 1010. The highest BCUT2D eigenvalue weighted by Crippen LogP contribution is 2.18. The highest BCUT2D eigenvalue weighted by molar-refractivity contribution is 7.92. The second-order valence-corrected chi connectivity index (χ2v) is 7.48. The minimum atomic E-state index is -3.67. The van der Waals surface area contributed by atoms with Crippen molar-refractivity contribution in [2.45, 2.75) is 18.4 Å². The molecule has 3 aromatic rings. The van der Waals surface area contributed by atoms with E-state index in [1.807, 2.05) is 13.0 Å². The largest absolute Gasteiger partial charge is 0.366 e. The molecule has 3 rings (SSSR count). The van der Waals surface area contributed by atoms with E-state index in [1.54, 1.807) is 42.5 Å². The van der Waals surface area contributed by atoms with E-state index < -0.39 is 10.0 Å². The Morgan fingerprint density at radius 2 is 1.85 bits per heavy atom. The molecule has 1 aromatic heterocycles. The van der Waals surface area contributed by atoms with Gasteiger partial charge in [0.15, 0.2) is 0 Å². The van der Waals surface area contributed by atoms with E-state index >= 15 is 0 Å². The first-order chi connectivity index (χ1) is 12.4. The van der Waals surface area contributed by atoms with E-state index in [-0.39, 0.29) is 17.3 Å². The molecule has 0 aliphatic carbocycles. The van der Waals surface area contributed by atoms with E-state index in [2.05, 4.69) is 15.0 Å². The fourth-order valence-electron chi connectivity index (χ4n) is 2.38. The van der Waals surface area contributed by atoms with Gasteiger partial charge in [0.2, 0.25) is 0 Å². The molecule has 0 radical (unpaired) electrons. The van der Waals surface area contributed by atoms with Crippen molar-refractivity contribution < 1.29 is 12.8 Å². The van der Waals surface area contributed by atoms with Crippen LogP contribution in [0.3, 0.4) is 0 Å². The third-order valence-corrected chi connectivity index (χ3v) is 5.11. The van der Waals surface area contributed by atoms with Gasteiger partial charge in [0.1, 0.15) is 11.6 Å². The van der Waals surface area contributed by atoms with Crippen LogP contribution in [0, 0.1) is 12.7 Å². The fourth-order valence-corrected chi connectivity index (χ4v) is 3.53. The van der Waals surface area contributed by atoms with Crippen LogP contribution in [0.15, 0.2) is 71.8 Å². The van der Waals surface area contributed by atoms with Crippen LogP contribution >= 0.6 is 0 Å². The highest BCUT2D eigenvalue weighted by Gasteiger charge is 2.14. The predicted molar refractivity (Wildman–Crippen MR) is 100.0 cm³/mol. The molecule has 0 aliphatic rings. The molecule has 5 nitrogen and oxygen atoms in total. The zero-order valence-corrected chi connectivity index (χ0v) is 14.9. The molecule has 2 N–H and O–H groups in total. The lowest BCUT2D eigenvalue weighted by Gasteiger charge is -2.10. The summed E-state index contributed by atoms with van der Waals surface area (Å²) in [5.41, 5.74) is 1.74. The third-order valence-electron chi connectivity index (χ3n) is 3.73. The Hall–Kier alpha value is -2.93. The van der Waals surface area contributed by atoms with Crippen LogP contribution in [0.25, 0.3) is 0 Å². The first kappa shape index (κ1) is 17.9. The molecule has 0 saturated carbocycles. The van der Waals surface area contributed by atoms with Crippen molar-refractivity contribution in [1.29, 1.82) is 0 Å². The summed E-state index contributed by atoms with van der Waals surface area (Å²) < 4.78 is 40.9. The Balaban J connectivity index is 1.67. The van der Waals surface area contributed by atoms with Crippen LogP contribution in [0.5, 0.6) is 0 Å². The van der Waals surface area contributed by atoms with E-state index in [9.17, 15) is 12.8 Å². The number of halogens is 1. The van der Waals surface area contributed by atoms with Gasteiger partial charge in [-0.05, 0) is 42.8 Å². The molecule has 0 spiro atoms. The molecular formula is C19H18FN3O2S. The molecule has 0 fully saturated rings. The second kappa shape index (κ2) is 7.53. The average Bonchev–Trinajstić information content (AvgIpc) is 2.62. The predicted octanol–water partition coefficient (Wildman–Crippen LogP) is 3.94. The first-order valence-corrected chi connectivity index (χ1v) is 9.45. The fraction of sp³-hybridized carbons (Fsp3) is 0.105. The van der Waals surface area contributed by atoms with Gasteiger partial charge in [-0.3, -0.25) is 4.72 Å². The maximum absolute atomic E-state index is 13.6. The summed E-state index contributed by atoms with van der Waals surface area (Å²) in [6.45, 7) is 2.12. The lowest BCUT2D eigenvalue weighted by Crippen LogP contribution is -2.13. The van der Waals surface area contributed by atoms with Gasteiger partial charge in [-0.25, -0.2) is 17.8 Å². The van der Waals surface area contributed by atoms with Crippen molar-refractivity contribution in [3.05, 3.63) is 83.8 Å². The van der Waals surface area contributed by atoms with Crippen LogP contribution in [0.2, 0.25) is 0 Å². The standard InChI is InChI=1S/C19H18FN3O2S/c1-14-5-4-7-17(11-14)26(24,25)23-16-9-10-19(22-13-16)21-12-15-6-2-3-8-18(15)20/h2-11,13,23H,12H2,1H3,(H,21,22). The average molecular weight is 371 g/mol. The Morgan fingerprint density at radius 3 is 2.54 bits per heavy atom. The molecule has 26 heavy (non-hydrogen) atoms. The van der Waals surface area contributed by atoms with E-state index in [1.165, 1.54) is 18.3 Å². The first-order valence-electron chi connectivity index (χ1n) is 7.97. The molecule has 0 amide bonds. The Labute approximate surface area is 152 Å². The SMILES string of the molecule is Cc1cccc(S(=O)(=O)Nc2ccc(NCc3ccccc3F)nc2)c1. The summed E-state index contributed by atoms with van der Waals surface area (Å²) in [5.74, 6) is 0.231. The lowest BCUT2D eigenvalue weighted by atomic mass is 10.2. The summed E-state index contributed by atoms with van der Waals surface area (Å²) in [5, 5.41) is 3.00. The number of aromatic nitrogens is 1. The summed E-state index contributed by atoms with van der Waals surface area (Å²) in [4.78, 5) is 4.35. The Morgan fingerprint density at radius 1 is 1.04 bits per heavy atom. The second-order valence-electron chi connectivity index (χ2n) is 5.80. The zero-order valence-electron chi connectivity index (χ0n) is 14.1. The summed E-state index contributed by atoms with van der Waals surface area (Å²) in [7, 11) is -3.67. The molecular weight excluding hydrogens is 353 g/mol. The maximum atomic E-state index is 13.6. The smallest absolute Gasteiger partial charge is 0.261 e. The van der Waals surface area contributed by atoms with Gasteiger partial charge in [-0.15, -0.1) is 0 Å². The topological polar surface area (TPSA) is 71.1 Å². The highest BCUT2D eigenvalue weighted by atomic mass is 32.2. The van der Waals surface area contributed by atoms with Gasteiger partial charge in [0.05, 0.1) is 16.8 Å². The van der Waals surface area contributed by atoms with Gasteiger partial charge in [0.25, 0.3) is 10.0 Å². The van der Waals surface area contributed by atoms with Crippen molar-refractivity contribution in [1.82, 2.24) is 4.98 Å². The van der Waals surface area contributed by atoms with Crippen LogP contribution in [-0.4, -0.2) is 13.4 Å². The van der Waals surface area contributed by atoms with Crippen molar-refractivity contribution in [3.63, 3.8) is 0 Å². The van der Waals surface area contributed by atoms with Gasteiger partial charge >= 0.3 is 0 Å². The molecule has 0 saturated heterocycles. The molecule has 0 unspecified atom stereocenters. The summed E-state index contributed by atoms with van der Waals surface area (Å²) in [6.07, 6.45) is 1.41. The summed E-state index contributed by atoms with van der Waals surface area (Å²) >= 11 is 0. The van der Waals surface area contributed by atoms with Crippen LogP contribution < -0.4 is 10.0 Å². The van der Waals surface area contributed by atoms with Gasteiger partial charge < -0.3 is 5.32 Å². The number of pyridine rings is 1. The summed E-state index contributed by atoms with van der Waals surface area (Å²) in [6, 6.07) is 16.4. The number of rotatable bonds is 6. The van der Waals surface area contributed by atoms with E-state index in [0.29, 0.717) is 17.1 Å². The zero-order chi connectivity index (χ0) is 18.6. The number of nitrogens with zero attached hydrogens (tertiary/aromatic N) is 1. The molecule has 134 valence electrons. The van der Waals surface area contributed by atoms with Crippen molar-refractivity contribution >= 4 is 21.5 Å². The van der Waals surface area contributed by atoms with Crippen molar-refractivity contribution in [2.24, 2.45) is 0 Å². The van der Waals surface area contributed by atoms with Gasteiger partial charge in [-0.2, -0.15) is 0 Å². The molecule has 0 aliphatic heterocycles. The number of hydrogen-bond acceptors (Lipinski definition) is 4. The Kier molecular flexibility index (Phi) is 5.18. The molecule has 2 aromatic carbocycles. The number of benzene rings is 2. The van der Waals surface area contributed by atoms with Crippen LogP contribution in [-0.2, 0) is 16.6 Å². The number of aryl methyl sites for hydroxylation is 1. The normalized spacial score (nSPS) is 11.2. The van der Waals surface area contributed by atoms with Crippen molar-refractivity contribution in [2.75, 3.05) is 10.0 Å². The number of nitrogens with one attached hydrogen (secondary N) is 2. The minimum absolute atomic E-state index is 0.194. The number of sulfonamides is 1. The maximum Gasteiger partial charge on any atom is 0.261 e. The molecule has 7 heteroatoms. The van der Waals surface area contributed by atoms with E-state index in [0.717, 1.165) is 5.56 Å². The number of anilines is 2. The van der Waals surface area contributed by atoms with Gasteiger partial charge in [-0.1, -0.05) is 30.3 Å².